The molecule has 0 spiro atoms. The molecule has 0 saturated heterocycles. The first-order chi connectivity index (χ1) is 10.1. The Labute approximate surface area is 138 Å². The van der Waals surface area contributed by atoms with Crippen LogP contribution in [-0.4, -0.2) is 11.0 Å². The molecule has 0 atom stereocenters. The van der Waals surface area contributed by atoms with Gasteiger partial charge in [-0.25, -0.2) is 0 Å². The maximum atomic E-state index is 12.0. The van der Waals surface area contributed by atoms with Crippen LogP contribution >= 0.6 is 35.4 Å². The van der Waals surface area contributed by atoms with Crippen molar-refractivity contribution in [2.75, 3.05) is 0 Å². The Morgan fingerprint density at radius 1 is 1.10 bits per heavy atom. The first-order valence-corrected chi connectivity index (χ1v) is 7.31. The summed E-state index contributed by atoms with van der Waals surface area (Å²) in [6.07, 6.45) is 0. The summed E-state index contributed by atoms with van der Waals surface area (Å²) in [4.78, 5) is 12.0. The van der Waals surface area contributed by atoms with Crippen LogP contribution in [0.15, 0.2) is 48.5 Å². The minimum atomic E-state index is -0.311. The van der Waals surface area contributed by atoms with E-state index in [2.05, 4.69) is 10.6 Å². The van der Waals surface area contributed by atoms with Gasteiger partial charge < -0.3 is 5.32 Å². The standard InChI is InChI=1S/C15H12Cl2N2OS/c16-12-6-3-5-10(8-12)14(20)19-15(21)18-9-11-4-1-2-7-13(11)17/h1-8H,9H2,(H2,18,19,20,21). The minimum absolute atomic E-state index is 0.236. The van der Waals surface area contributed by atoms with E-state index in [9.17, 15) is 4.79 Å². The van der Waals surface area contributed by atoms with Gasteiger partial charge in [-0.3, -0.25) is 10.1 Å². The number of benzene rings is 2. The molecule has 0 unspecified atom stereocenters. The normalized spacial score (nSPS) is 10.0. The average Bonchev–Trinajstić information content (AvgIpc) is 2.46. The molecule has 0 aliphatic carbocycles. The minimum Gasteiger partial charge on any atom is -0.358 e. The highest BCUT2D eigenvalue weighted by molar-refractivity contribution is 7.80. The zero-order chi connectivity index (χ0) is 15.2. The molecule has 2 aromatic rings. The molecule has 0 heterocycles. The number of carbonyl (C=O) groups is 1. The van der Waals surface area contributed by atoms with Gasteiger partial charge in [0.05, 0.1) is 0 Å². The van der Waals surface area contributed by atoms with Crippen molar-refractivity contribution >= 4 is 46.4 Å². The van der Waals surface area contributed by atoms with Gasteiger partial charge in [0.25, 0.3) is 5.91 Å². The van der Waals surface area contributed by atoms with E-state index in [0.717, 1.165) is 5.56 Å². The zero-order valence-corrected chi connectivity index (χ0v) is 13.2. The number of hydrogen-bond acceptors (Lipinski definition) is 2. The van der Waals surface area contributed by atoms with E-state index in [-0.39, 0.29) is 11.0 Å². The summed E-state index contributed by atoms with van der Waals surface area (Å²) < 4.78 is 0. The Morgan fingerprint density at radius 2 is 1.86 bits per heavy atom. The Morgan fingerprint density at radius 3 is 2.57 bits per heavy atom. The third kappa shape index (κ3) is 4.70. The summed E-state index contributed by atoms with van der Waals surface area (Å²) in [6.45, 7) is 0.439. The summed E-state index contributed by atoms with van der Waals surface area (Å²) in [5, 5.41) is 6.91. The topological polar surface area (TPSA) is 41.1 Å². The monoisotopic (exact) mass is 338 g/mol. The number of halogens is 2. The van der Waals surface area contributed by atoms with Crippen LogP contribution in [0.2, 0.25) is 10.0 Å². The van der Waals surface area contributed by atoms with E-state index in [0.29, 0.717) is 22.2 Å². The fraction of sp³-hybridized carbons (Fsp3) is 0.0667. The van der Waals surface area contributed by atoms with Crippen molar-refractivity contribution < 1.29 is 4.79 Å². The van der Waals surface area contributed by atoms with E-state index in [1.54, 1.807) is 30.3 Å². The summed E-state index contributed by atoms with van der Waals surface area (Å²) in [5.41, 5.74) is 1.35. The number of amides is 1. The highest BCUT2D eigenvalue weighted by Crippen LogP contribution is 2.14. The van der Waals surface area contributed by atoms with E-state index >= 15 is 0 Å². The molecule has 0 aromatic heterocycles. The lowest BCUT2D eigenvalue weighted by Crippen LogP contribution is -2.38. The Balaban J connectivity index is 1.90. The molecular weight excluding hydrogens is 327 g/mol. The van der Waals surface area contributed by atoms with Gasteiger partial charge in [0.15, 0.2) is 5.11 Å². The van der Waals surface area contributed by atoms with Crippen LogP contribution in [0.3, 0.4) is 0 Å². The number of thiocarbonyl (C=S) groups is 1. The van der Waals surface area contributed by atoms with Crippen LogP contribution < -0.4 is 10.6 Å². The van der Waals surface area contributed by atoms with Gasteiger partial charge in [-0.2, -0.15) is 0 Å². The first-order valence-electron chi connectivity index (χ1n) is 6.14. The van der Waals surface area contributed by atoms with Crippen molar-refractivity contribution in [2.45, 2.75) is 6.54 Å². The number of nitrogens with one attached hydrogen (secondary N) is 2. The summed E-state index contributed by atoms with van der Waals surface area (Å²) in [6, 6.07) is 14.1. The molecule has 2 aromatic carbocycles. The molecular formula is C15H12Cl2N2OS. The first kappa shape index (κ1) is 15.8. The number of carbonyl (C=O) groups excluding carboxylic acids is 1. The van der Waals surface area contributed by atoms with Crippen LogP contribution in [0, 0.1) is 0 Å². The molecule has 0 saturated carbocycles. The lowest BCUT2D eigenvalue weighted by molar-refractivity contribution is 0.0976. The SMILES string of the molecule is O=C(NC(=S)NCc1ccccc1Cl)c1cccc(Cl)c1. The van der Waals surface area contributed by atoms with E-state index < -0.39 is 0 Å². The van der Waals surface area contributed by atoms with E-state index in [4.69, 9.17) is 35.4 Å². The Bertz CT molecular complexity index is 676. The molecule has 0 bridgehead atoms. The Kier molecular flexibility index (Phi) is 5.56. The van der Waals surface area contributed by atoms with E-state index in [1.165, 1.54) is 0 Å². The molecule has 0 aliphatic rings. The molecule has 3 nitrogen and oxygen atoms in total. The predicted molar refractivity (Wildman–Crippen MR) is 89.8 cm³/mol. The van der Waals surface area contributed by atoms with Gasteiger partial charge in [-0.05, 0) is 42.0 Å². The van der Waals surface area contributed by atoms with Crippen LogP contribution in [0.4, 0.5) is 0 Å². The molecule has 2 rings (SSSR count). The smallest absolute Gasteiger partial charge is 0.257 e. The highest BCUT2D eigenvalue weighted by Gasteiger charge is 2.08. The van der Waals surface area contributed by atoms with Crippen LogP contribution in [-0.2, 0) is 6.54 Å². The van der Waals surface area contributed by atoms with Crippen LogP contribution in [0.5, 0.6) is 0 Å². The fourth-order valence-corrected chi connectivity index (χ4v) is 2.22. The molecule has 6 heteroatoms. The van der Waals surface area contributed by atoms with Gasteiger partial charge in [0.2, 0.25) is 0 Å². The molecule has 2 N–H and O–H groups in total. The molecule has 0 aliphatic heterocycles. The largest absolute Gasteiger partial charge is 0.358 e. The zero-order valence-electron chi connectivity index (χ0n) is 10.9. The van der Waals surface area contributed by atoms with Crippen molar-refractivity contribution in [1.82, 2.24) is 10.6 Å². The lowest BCUT2D eigenvalue weighted by atomic mass is 10.2. The molecule has 1 amide bonds. The van der Waals surface area contributed by atoms with Gasteiger partial charge in [-0.15, -0.1) is 0 Å². The second kappa shape index (κ2) is 7.41. The van der Waals surface area contributed by atoms with Crippen molar-refractivity contribution in [1.29, 1.82) is 0 Å². The van der Waals surface area contributed by atoms with Crippen molar-refractivity contribution in [3.05, 3.63) is 69.7 Å². The highest BCUT2D eigenvalue weighted by atomic mass is 35.5. The second-order valence-corrected chi connectivity index (χ2v) is 5.49. The maximum Gasteiger partial charge on any atom is 0.257 e. The van der Waals surface area contributed by atoms with Crippen LogP contribution in [0.25, 0.3) is 0 Å². The molecule has 108 valence electrons. The van der Waals surface area contributed by atoms with Gasteiger partial charge in [0, 0.05) is 22.2 Å². The second-order valence-electron chi connectivity index (χ2n) is 4.24. The summed E-state index contributed by atoms with van der Waals surface area (Å²) >= 11 is 17.0. The van der Waals surface area contributed by atoms with Crippen molar-refractivity contribution in [2.24, 2.45) is 0 Å². The van der Waals surface area contributed by atoms with E-state index in [1.807, 2.05) is 18.2 Å². The fourth-order valence-electron chi connectivity index (χ4n) is 1.67. The van der Waals surface area contributed by atoms with Gasteiger partial charge >= 0.3 is 0 Å². The van der Waals surface area contributed by atoms with Crippen molar-refractivity contribution in [3.63, 3.8) is 0 Å². The number of hydrogen-bond donors (Lipinski definition) is 2. The summed E-state index contributed by atoms with van der Waals surface area (Å²) in [5.74, 6) is -0.311. The predicted octanol–water partition coefficient (Wildman–Crippen LogP) is 3.80. The van der Waals surface area contributed by atoms with Gasteiger partial charge in [0.1, 0.15) is 0 Å². The summed E-state index contributed by atoms with van der Waals surface area (Å²) in [7, 11) is 0. The quantitative estimate of drug-likeness (QED) is 0.836. The van der Waals surface area contributed by atoms with Gasteiger partial charge in [-0.1, -0.05) is 47.5 Å². The van der Waals surface area contributed by atoms with Crippen molar-refractivity contribution in [3.8, 4) is 0 Å². The Hall–Kier alpha value is -1.62. The third-order valence-corrected chi connectivity index (χ3v) is 3.56. The number of rotatable bonds is 3. The molecule has 21 heavy (non-hydrogen) atoms. The lowest BCUT2D eigenvalue weighted by Gasteiger charge is -2.10. The third-order valence-electron chi connectivity index (χ3n) is 2.71. The maximum absolute atomic E-state index is 12.0. The van der Waals surface area contributed by atoms with Crippen LogP contribution in [0.1, 0.15) is 15.9 Å². The molecule has 0 radical (unpaired) electrons. The molecule has 0 fully saturated rings. The average molecular weight is 339 g/mol.